The Morgan fingerprint density at radius 3 is 2.23 bits per heavy atom. The minimum absolute atomic E-state index is 0.101. The second-order valence-electron chi connectivity index (χ2n) is 6.82. The molecule has 2 aromatic carbocycles. The number of nitrogens with zero attached hydrogens (tertiary/aromatic N) is 1. The van der Waals surface area contributed by atoms with Crippen LogP contribution in [-0.4, -0.2) is 33.9 Å². The van der Waals surface area contributed by atoms with Crippen LogP contribution in [0.2, 0.25) is 0 Å². The van der Waals surface area contributed by atoms with E-state index in [1.54, 1.807) is 0 Å². The fraction of sp³-hybridized carbons (Fsp3) is 0.316. The summed E-state index contributed by atoms with van der Waals surface area (Å²) >= 11 is 0. The molecule has 0 saturated heterocycles. The zero-order chi connectivity index (χ0) is 23.0. The maximum atomic E-state index is 13.5. The van der Waals surface area contributed by atoms with Crippen LogP contribution in [0.25, 0.3) is 0 Å². The Morgan fingerprint density at radius 2 is 1.65 bits per heavy atom. The molecule has 1 amide bonds. The Balaban J connectivity index is 1.82. The first-order valence-corrected chi connectivity index (χ1v) is 9.99. The van der Waals surface area contributed by atoms with Crippen LogP contribution in [0.1, 0.15) is 22.7 Å². The van der Waals surface area contributed by atoms with Gasteiger partial charge in [0, 0.05) is 13.1 Å². The molecule has 168 valence electrons. The van der Waals surface area contributed by atoms with E-state index in [2.05, 4.69) is 0 Å². The number of carbonyl (C=O) groups is 1. The van der Waals surface area contributed by atoms with Crippen molar-refractivity contribution in [3.8, 4) is 0 Å². The van der Waals surface area contributed by atoms with Crippen LogP contribution in [0, 0.1) is 5.82 Å². The van der Waals surface area contributed by atoms with E-state index in [1.165, 1.54) is 18.2 Å². The second kappa shape index (κ2) is 8.58. The molecule has 1 heterocycles. The summed E-state index contributed by atoms with van der Waals surface area (Å²) in [5.74, 6) is -2.75. The number of halogens is 7. The van der Waals surface area contributed by atoms with Crippen LogP contribution in [0.15, 0.2) is 47.4 Å². The van der Waals surface area contributed by atoms with Crippen molar-refractivity contribution in [1.29, 1.82) is 0 Å². The van der Waals surface area contributed by atoms with Crippen molar-refractivity contribution in [2.75, 3.05) is 6.54 Å². The van der Waals surface area contributed by atoms with Crippen LogP contribution in [0.5, 0.6) is 0 Å². The molecule has 0 spiro atoms. The molecule has 2 unspecified atom stereocenters. The minimum Gasteiger partial charge on any atom is -0.330 e. The maximum Gasteiger partial charge on any atom is 0.471 e. The molecule has 4 nitrogen and oxygen atoms in total. The lowest BCUT2D eigenvalue weighted by molar-refractivity contribution is -0.186. The van der Waals surface area contributed by atoms with Gasteiger partial charge in [-0.25, -0.2) is 13.3 Å². The summed E-state index contributed by atoms with van der Waals surface area (Å²) in [5, 5.41) is 0. The van der Waals surface area contributed by atoms with Gasteiger partial charge in [0.1, 0.15) is 22.8 Å². The summed E-state index contributed by atoms with van der Waals surface area (Å²) in [6, 6.07) is 5.10. The van der Waals surface area contributed by atoms with Crippen molar-refractivity contribution >= 4 is 16.9 Å². The predicted molar refractivity (Wildman–Crippen MR) is 96.4 cm³/mol. The van der Waals surface area contributed by atoms with E-state index in [0.29, 0.717) is 10.5 Å². The Kier molecular flexibility index (Phi) is 6.42. The van der Waals surface area contributed by atoms with Crippen molar-refractivity contribution < 1.29 is 39.7 Å². The lowest BCUT2D eigenvalue weighted by atomic mass is 10.00. The highest BCUT2D eigenvalue weighted by atomic mass is 32.2. The quantitative estimate of drug-likeness (QED) is 0.685. The van der Waals surface area contributed by atoms with Gasteiger partial charge >= 0.3 is 18.3 Å². The topological polar surface area (TPSA) is 49.4 Å². The molecule has 12 heteroatoms. The van der Waals surface area contributed by atoms with Gasteiger partial charge in [0.05, 0.1) is 4.90 Å². The van der Waals surface area contributed by atoms with Crippen LogP contribution >= 0.6 is 0 Å². The van der Waals surface area contributed by atoms with Gasteiger partial charge in [-0.1, -0.05) is 18.2 Å². The molecule has 0 aromatic heterocycles. The van der Waals surface area contributed by atoms with E-state index in [1.807, 2.05) is 4.72 Å². The maximum absolute atomic E-state index is 13.5. The highest BCUT2D eigenvalue weighted by Gasteiger charge is 2.44. The van der Waals surface area contributed by atoms with E-state index in [4.69, 9.17) is 0 Å². The van der Waals surface area contributed by atoms with Crippen LogP contribution in [0.3, 0.4) is 0 Å². The number of rotatable bonds is 4. The van der Waals surface area contributed by atoms with Crippen molar-refractivity contribution in [3.63, 3.8) is 0 Å². The molecular formula is C19H15F7N2O2S. The van der Waals surface area contributed by atoms with Gasteiger partial charge in [0.2, 0.25) is 0 Å². The van der Waals surface area contributed by atoms with E-state index < -0.39 is 47.6 Å². The number of hydrogen-bond donors (Lipinski definition) is 1. The fourth-order valence-electron chi connectivity index (χ4n) is 3.16. The normalized spacial score (nSPS) is 16.5. The minimum atomic E-state index is -5.05. The zero-order valence-corrected chi connectivity index (χ0v) is 16.4. The van der Waals surface area contributed by atoms with Gasteiger partial charge in [0.25, 0.3) is 0 Å². The van der Waals surface area contributed by atoms with E-state index in [-0.39, 0.29) is 29.0 Å². The highest BCUT2D eigenvalue weighted by Crippen LogP contribution is 2.34. The Hall–Kier alpha value is -2.47. The van der Waals surface area contributed by atoms with Crippen molar-refractivity contribution in [2.24, 2.45) is 0 Å². The standard InChI is InChI=1S/C19H15F7N2O2S/c20-14-4-1-12(2-5-14)16(18(21,22)23)27-31(30)15-6-3-11-7-8-28(10-13(11)9-15)17(29)19(24,25)26/h1-6,9,16,27H,7-8,10H2. The summed E-state index contributed by atoms with van der Waals surface area (Å²) in [6.45, 7) is -0.563. The zero-order valence-electron chi connectivity index (χ0n) is 15.6. The van der Waals surface area contributed by atoms with Gasteiger partial charge < -0.3 is 4.90 Å². The molecule has 3 rings (SSSR count). The highest BCUT2D eigenvalue weighted by molar-refractivity contribution is 7.83. The van der Waals surface area contributed by atoms with Crippen LogP contribution in [0.4, 0.5) is 30.7 Å². The number of amides is 1. The van der Waals surface area contributed by atoms with Gasteiger partial charge in [-0.2, -0.15) is 26.3 Å². The molecular weight excluding hydrogens is 453 g/mol. The molecule has 2 aromatic rings. The smallest absolute Gasteiger partial charge is 0.330 e. The van der Waals surface area contributed by atoms with Gasteiger partial charge in [-0.05, 0) is 47.4 Å². The molecule has 0 bridgehead atoms. The number of hydrogen-bond acceptors (Lipinski definition) is 2. The molecule has 1 aliphatic rings. The molecule has 2 atom stereocenters. The molecule has 0 radical (unpaired) electrons. The van der Waals surface area contributed by atoms with E-state index in [0.717, 1.165) is 24.3 Å². The SMILES string of the molecule is O=C(N1CCc2ccc(S(=O)NC(c3ccc(F)cc3)C(F)(F)F)cc2C1)C(F)(F)F. The molecule has 0 saturated carbocycles. The number of nitrogens with one attached hydrogen (secondary N) is 1. The lowest BCUT2D eigenvalue weighted by Crippen LogP contribution is -2.43. The summed E-state index contributed by atoms with van der Waals surface area (Å²) in [7, 11) is -2.39. The average molecular weight is 468 g/mol. The second-order valence-corrected chi connectivity index (χ2v) is 8.06. The molecule has 0 fully saturated rings. The Bertz CT molecular complexity index is 990. The van der Waals surface area contributed by atoms with Crippen molar-refractivity contribution in [2.45, 2.75) is 36.3 Å². The fourth-order valence-corrected chi connectivity index (χ4v) is 4.22. The summed E-state index contributed by atoms with van der Waals surface area (Å²) in [4.78, 5) is 11.9. The average Bonchev–Trinajstić information content (AvgIpc) is 2.69. The monoisotopic (exact) mass is 468 g/mol. The van der Waals surface area contributed by atoms with Crippen molar-refractivity contribution in [1.82, 2.24) is 9.62 Å². The third-order valence-corrected chi connectivity index (χ3v) is 5.82. The third kappa shape index (κ3) is 5.42. The predicted octanol–water partition coefficient (Wildman–Crippen LogP) is 4.19. The Morgan fingerprint density at radius 1 is 1.00 bits per heavy atom. The van der Waals surface area contributed by atoms with Crippen LogP contribution < -0.4 is 4.72 Å². The number of benzene rings is 2. The number of carbonyl (C=O) groups excluding carboxylic acids is 1. The lowest BCUT2D eigenvalue weighted by Gasteiger charge is -2.29. The van der Waals surface area contributed by atoms with Crippen molar-refractivity contribution in [3.05, 3.63) is 65.0 Å². The molecule has 1 N–H and O–H groups in total. The van der Waals surface area contributed by atoms with Gasteiger partial charge in [-0.3, -0.25) is 4.79 Å². The summed E-state index contributed by atoms with van der Waals surface area (Å²) in [6.07, 6.45) is -9.77. The van der Waals surface area contributed by atoms with Gasteiger partial charge in [0.15, 0.2) is 0 Å². The van der Waals surface area contributed by atoms with Gasteiger partial charge in [-0.15, -0.1) is 0 Å². The number of alkyl halides is 6. The molecule has 1 aliphatic heterocycles. The van der Waals surface area contributed by atoms with Crippen LogP contribution in [-0.2, 0) is 28.7 Å². The van der Waals surface area contributed by atoms with E-state index in [9.17, 15) is 39.7 Å². The van der Waals surface area contributed by atoms with E-state index >= 15 is 0 Å². The molecule has 0 aliphatic carbocycles. The summed E-state index contributed by atoms with van der Waals surface area (Å²) in [5.41, 5.74) is 0.516. The third-order valence-electron chi connectivity index (χ3n) is 4.69. The largest absolute Gasteiger partial charge is 0.471 e. The Labute approximate surface area is 174 Å². The first-order chi connectivity index (χ1) is 14.4. The number of fused-ring (bicyclic) bond motifs is 1. The summed E-state index contributed by atoms with van der Waals surface area (Å²) < 4.78 is 106. The molecule has 31 heavy (non-hydrogen) atoms. The first kappa shape index (κ1) is 23.2. The first-order valence-electron chi connectivity index (χ1n) is 8.84.